The Balaban J connectivity index is 2.04. The third-order valence-corrected chi connectivity index (χ3v) is 4.40. The van der Waals surface area contributed by atoms with Crippen molar-refractivity contribution in [2.45, 2.75) is 20.3 Å². The van der Waals surface area contributed by atoms with Gasteiger partial charge in [-0.2, -0.15) is 4.68 Å². The number of amides is 1. The van der Waals surface area contributed by atoms with Gasteiger partial charge in [0.2, 0.25) is 11.9 Å². The van der Waals surface area contributed by atoms with Crippen LogP contribution >= 0.6 is 0 Å². The highest BCUT2D eigenvalue weighted by Crippen LogP contribution is 2.17. The van der Waals surface area contributed by atoms with Crippen LogP contribution in [0.15, 0.2) is 41.2 Å². The number of anilines is 1. The fourth-order valence-corrected chi connectivity index (χ4v) is 3.04. The lowest BCUT2D eigenvalue weighted by atomic mass is 10.1. The molecule has 0 aliphatic heterocycles. The van der Waals surface area contributed by atoms with Crippen LogP contribution in [0.4, 0.5) is 19.1 Å². The van der Waals surface area contributed by atoms with E-state index in [2.05, 4.69) is 10.4 Å². The van der Waals surface area contributed by atoms with Crippen molar-refractivity contribution in [1.29, 1.82) is 0 Å². The van der Waals surface area contributed by atoms with Crippen molar-refractivity contribution < 1.29 is 18.0 Å². The Morgan fingerprint density at radius 3 is 2.38 bits per heavy atom. The Bertz CT molecular complexity index is 1110. The molecule has 6 nitrogen and oxygen atoms in total. The Kier molecular flexibility index (Phi) is 5.86. The van der Waals surface area contributed by atoms with E-state index in [0.717, 1.165) is 16.8 Å². The van der Waals surface area contributed by atoms with E-state index in [9.17, 15) is 22.8 Å². The Hall–Kier alpha value is -3.36. The highest BCUT2D eigenvalue weighted by atomic mass is 19.1. The van der Waals surface area contributed by atoms with Gasteiger partial charge in [0.15, 0.2) is 0 Å². The van der Waals surface area contributed by atoms with E-state index in [-0.39, 0.29) is 28.8 Å². The Morgan fingerprint density at radius 1 is 1.10 bits per heavy atom. The molecule has 0 bridgehead atoms. The van der Waals surface area contributed by atoms with Crippen molar-refractivity contribution >= 4 is 22.8 Å². The molecule has 29 heavy (non-hydrogen) atoms. The number of halogens is 3. The average molecular weight is 404 g/mol. The zero-order valence-electron chi connectivity index (χ0n) is 15.9. The first kappa shape index (κ1) is 20.4. The lowest BCUT2D eigenvalue weighted by Gasteiger charge is -2.24. The number of rotatable bonds is 6. The molecule has 1 aromatic heterocycles. The second-order valence-electron chi connectivity index (χ2n) is 6.35. The van der Waals surface area contributed by atoms with Crippen molar-refractivity contribution in [1.82, 2.24) is 9.66 Å². The normalized spacial score (nSPS) is 10.9. The molecule has 1 amide bonds. The minimum atomic E-state index is -0.809. The highest BCUT2D eigenvalue weighted by molar-refractivity contribution is 5.87. The predicted octanol–water partition coefficient (Wildman–Crippen LogP) is 2.97. The van der Waals surface area contributed by atoms with E-state index < -0.39 is 28.9 Å². The van der Waals surface area contributed by atoms with Gasteiger partial charge in [-0.3, -0.25) is 15.0 Å². The molecule has 1 heterocycles. The number of aromatic nitrogens is 2. The predicted molar refractivity (Wildman–Crippen MR) is 104 cm³/mol. The first-order valence-electron chi connectivity index (χ1n) is 9.05. The van der Waals surface area contributed by atoms with Gasteiger partial charge in [0.25, 0.3) is 5.56 Å². The molecular formula is C20H19F3N4O2. The van der Waals surface area contributed by atoms with Gasteiger partial charge in [0.1, 0.15) is 23.0 Å². The van der Waals surface area contributed by atoms with Crippen LogP contribution in [0.2, 0.25) is 0 Å². The summed E-state index contributed by atoms with van der Waals surface area (Å²) in [7, 11) is 0. The number of carbonyl (C=O) groups excluding carboxylic acids is 1. The number of nitrogens with zero attached hydrogens (tertiary/aromatic N) is 3. The van der Waals surface area contributed by atoms with Gasteiger partial charge in [-0.1, -0.05) is 6.07 Å². The van der Waals surface area contributed by atoms with Gasteiger partial charge in [0.05, 0.1) is 11.8 Å². The van der Waals surface area contributed by atoms with Gasteiger partial charge in [-0.15, -0.1) is 0 Å². The second kappa shape index (κ2) is 8.34. The molecule has 0 saturated carbocycles. The van der Waals surface area contributed by atoms with Crippen LogP contribution < -0.4 is 15.9 Å². The number of hydrogen-bond donors (Lipinski definition) is 1. The standard InChI is InChI=1S/C20H19F3N4O2/c1-3-26(4-2)20-24-18-15(6-5-7-16(18)23)19(29)27(20)25-17(28)10-12-8-13(21)11-14(22)9-12/h5-9,11H,3-4,10H2,1-2H3,(H,25,28). The Labute approximate surface area is 164 Å². The molecule has 3 aromatic rings. The minimum Gasteiger partial charge on any atom is -0.341 e. The van der Waals surface area contributed by atoms with Crippen LogP contribution in [0, 0.1) is 17.5 Å². The van der Waals surface area contributed by atoms with Crippen molar-refractivity contribution in [2.24, 2.45) is 0 Å². The Morgan fingerprint density at radius 2 is 1.76 bits per heavy atom. The fraction of sp³-hybridized carbons (Fsp3) is 0.250. The minimum absolute atomic E-state index is 0.00185. The highest BCUT2D eigenvalue weighted by Gasteiger charge is 2.19. The summed E-state index contributed by atoms with van der Waals surface area (Å²) in [6.07, 6.45) is -0.361. The van der Waals surface area contributed by atoms with Gasteiger partial charge in [0, 0.05) is 19.2 Å². The summed E-state index contributed by atoms with van der Waals surface area (Å²) in [4.78, 5) is 31.3. The number of para-hydroxylation sites is 1. The summed E-state index contributed by atoms with van der Waals surface area (Å²) in [5.41, 5.74) is 1.77. The van der Waals surface area contributed by atoms with E-state index in [1.54, 1.807) is 4.90 Å². The summed E-state index contributed by atoms with van der Waals surface area (Å²) in [6, 6.07) is 6.74. The molecule has 0 unspecified atom stereocenters. The lowest BCUT2D eigenvalue weighted by molar-refractivity contribution is -0.116. The molecule has 0 fully saturated rings. The molecule has 0 saturated heterocycles. The van der Waals surface area contributed by atoms with Gasteiger partial charge < -0.3 is 4.90 Å². The molecule has 0 aliphatic rings. The van der Waals surface area contributed by atoms with Crippen molar-refractivity contribution in [3.63, 3.8) is 0 Å². The maximum atomic E-state index is 14.2. The smallest absolute Gasteiger partial charge is 0.281 e. The fourth-order valence-electron chi connectivity index (χ4n) is 3.04. The molecule has 3 rings (SSSR count). The largest absolute Gasteiger partial charge is 0.341 e. The van der Waals surface area contributed by atoms with Crippen LogP contribution in [0.25, 0.3) is 10.9 Å². The van der Waals surface area contributed by atoms with Crippen molar-refractivity contribution in [3.05, 3.63) is 69.8 Å². The third kappa shape index (κ3) is 4.23. The zero-order valence-corrected chi connectivity index (χ0v) is 15.9. The first-order chi connectivity index (χ1) is 13.8. The zero-order chi connectivity index (χ0) is 21.1. The van der Waals surface area contributed by atoms with Gasteiger partial charge in [-0.05, 0) is 43.7 Å². The van der Waals surface area contributed by atoms with E-state index in [4.69, 9.17) is 0 Å². The summed E-state index contributed by atoms with van der Waals surface area (Å²) < 4.78 is 41.9. The van der Waals surface area contributed by atoms with Crippen LogP contribution in [0.3, 0.4) is 0 Å². The molecular weight excluding hydrogens is 385 g/mol. The molecule has 0 atom stereocenters. The number of nitrogens with one attached hydrogen (secondary N) is 1. The second-order valence-corrected chi connectivity index (χ2v) is 6.35. The number of benzene rings is 2. The third-order valence-electron chi connectivity index (χ3n) is 4.40. The maximum Gasteiger partial charge on any atom is 0.281 e. The molecule has 1 N–H and O–H groups in total. The molecule has 0 aliphatic carbocycles. The molecule has 152 valence electrons. The van der Waals surface area contributed by atoms with Gasteiger partial charge >= 0.3 is 0 Å². The summed E-state index contributed by atoms with van der Waals surface area (Å²) in [6.45, 7) is 4.55. The monoisotopic (exact) mass is 404 g/mol. The van der Waals surface area contributed by atoms with Gasteiger partial charge in [-0.25, -0.2) is 18.2 Å². The summed E-state index contributed by atoms with van der Waals surface area (Å²) >= 11 is 0. The maximum absolute atomic E-state index is 14.2. The summed E-state index contributed by atoms with van der Waals surface area (Å²) in [5, 5.41) is -0.00185. The molecule has 0 radical (unpaired) electrons. The van der Waals surface area contributed by atoms with E-state index in [1.165, 1.54) is 18.2 Å². The lowest BCUT2D eigenvalue weighted by Crippen LogP contribution is -2.40. The number of fused-ring (bicyclic) bond motifs is 1. The van der Waals surface area contributed by atoms with E-state index in [1.807, 2.05) is 13.8 Å². The van der Waals surface area contributed by atoms with E-state index >= 15 is 0 Å². The van der Waals surface area contributed by atoms with Crippen molar-refractivity contribution in [2.75, 3.05) is 23.4 Å². The number of carbonyl (C=O) groups is 1. The van der Waals surface area contributed by atoms with E-state index in [0.29, 0.717) is 19.2 Å². The number of hydrogen-bond acceptors (Lipinski definition) is 4. The van der Waals surface area contributed by atoms with Crippen molar-refractivity contribution in [3.8, 4) is 0 Å². The molecule has 9 heteroatoms. The van der Waals surface area contributed by atoms with Crippen LogP contribution in [-0.4, -0.2) is 28.7 Å². The first-order valence-corrected chi connectivity index (χ1v) is 9.05. The quantitative estimate of drug-likeness (QED) is 0.686. The van der Waals surface area contributed by atoms with Crippen LogP contribution in [0.5, 0.6) is 0 Å². The summed E-state index contributed by atoms with van der Waals surface area (Å²) in [5.74, 6) is -2.88. The van der Waals surface area contributed by atoms with Crippen LogP contribution in [-0.2, 0) is 11.2 Å². The SMILES string of the molecule is CCN(CC)c1nc2c(F)cccc2c(=O)n1NC(=O)Cc1cc(F)cc(F)c1. The van der Waals surface area contributed by atoms with Crippen LogP contribution in [0.1, 0.15) is 19.4 Å². The average Bonchev–Trinajstić information content (AvgIpc) is 2.65. The molecule has 2 aromatic carbocycles. The molecule has 0 spiro atoms. The topological polar surface area (TPSA) is 67.2 Å².